The predicted molar refractivity (Wildman–Crippen MR) is 233 cm³/mol. The fourth-order valence-corrected chi connectivity index (χ4v) is 8.46. The van der Waals surface area contributed by atoms with Crippen LogP contribution >= 0.6 is 0 Å². The van der Waals surface area contributed by atoms with Crippen LogP contribution in [0.4, 0.5) is 0 Å². The molecule has 0 unspecified atom stereocenters. The Morgan fingerprint density at radius 2 is 0.807 bits per heavy atom. The Labute approximate surface area is 328 Å². The van der Waals surface area contributed by atoms with Gasteiger partial charge in [0.05, 0.1) is 28.4 Å². The number of fused-ring (bicyclic) bond motifs is 9. The van der Waals surface area contributed by atoms with Crippen LogP contribution in [-0.4, -0.2) is 19.5 Å². The molecule has 264 valence electrons. The third-order valence-corrected chi connectivity index (χ3v) is 11.0. The molecule has 0 saturated carbocycles. The third-order valence-electron chi connectivity index (χ3n) is 11.0. The first-order valence-corrected chi connectivity index (χ1v) is 19.0. The molecule has 0 aliphatic heterocycles. The summed E-state index contributed by atoms with van der Waals surface area (Å²) in [5, 5.41) is 19.4. The van der Waals surface area contributed by atoms with Gasteiger partial charge in [-0.15, -0.1) is 0 Å². The maximum Gasteiger partial charge on any atom is 0.164 e. The Kier molecular flexibility index (Phi) is 7.48. The van der Waals surface area contributed by atoms with E-state index >= 15 is 0 Å². The van der Waals surface area contributed by atoms with E-state index in [4.69, 9.17) is 15.0 Å². The zero-order valence-corrected chi connectivity index (χ0v) is 30.6. The van der Waals surface area contributed by atoms with Crippen molar-refractivity contribution in [3.63, 3.8) is 0 Å². The Bertz CT molecular complexity index is 3360. The van der Waals surface area contributed by atoms with Crippen LogP contribution in [0.3, 0.4) is 0 Å². The van der Waals surface area contributed by atoms with Crippen molar-refractivity contribution in [2.24, 2.45) is 0 Å². The Morgan fingerprint density at radius 1 is 0.351 bits per heavy atom. The first-order valence-electron chi connectivity index (χ1n) is 19.0. The molecule has 0 radical (unpaired) electrons. The molecule has 0 atom stereocenters. The number of hydrogen-bond donors (Lipinski definition) is 0. The van der Waals surface area contributed by atoms with Gasteiger partial charge in [-0.05, 0) is 80.3 Å². The lowest BCUT2D eigenvalue weighted by atomic mass is 9.93. The molecular weight excluding hydrogens is 695 g/mol. The van der Waals surface area contributed by atoms with Crippen molar-refractivity contribution in [1.82, 2.24) is 19.5 Å². The van der Waals surface area contributed by atoms with E-state index in [1.807, 2.05) is 18.2 Å². The SMILES string of the molecule is N#Cc1cccc(-c2nc(-c3cccc(-c4ccccc4-n4c5ccccc5c5ccccc54)c3)nc(-c3ccc4c5ccccc5c5ccccc5c4c3)n2)c1. The van der Waals surface area contributed by atoms with Crippen LogP contribution in [0.5, 0.6) is 0 Å². The molecule has 11 rings (SSSR count). The molecule has 9 aromatic carbocycles. The van der Waals surface area contributed by atoms with E-state index in [1.165, 1.54) is 37.7 Å². The van der Waals surface area contributed by atoms with Gasteiger partial charge in [-0.25, -0.2) is 15.0 Å². The van der Waals surface area contributed by atoms with Crippen molar-refractivity contribution in [2.75, 3.05) is 0 Å². The molecule has 0 aliphatic rings. The molecule has 11 aromatic rings. The molecule has 57 heavy (non-hydrogen) atoms. The highest BCUT2D eigenvalue weighted by molar-refractivity contribution is 6.25. The van der Waals surface area contributed by atoms with E-state index in [1.54, 1.807) is 6.07 Å². The van der Waals surface area contributed by atoms with Gasteiger partial charge >= 0.3 is 0 Å². The number of nitriles is 1. The first kappa shape index (κ1) is 32.5. The van der Waals surface area contributed by atoms with Gasteiger partial charge in [0.15, 0.2) is 17.5 Å². The average Bonchev–Trinajstić information content (AvgIpc) is 3.63. The van der Waals surface area contributed by atoms with E-state index in [-0.39, 0.29) is 0 Å². The lowest BCUT2D eigenvalue weighted by molar-refractivity contribution is 1.07. The largest absolute Gasteiger partial charge is 0.309 e. The standard InChI is InChI=1S/C52H31N5/c53-32-33-13-11-15-35(29-33)50-54-51(56-52(55-50)37-27-28-43-41-20-2-1-18-39(41)40-19-3-4-21-42(40)46(43)31-37)36-16-12-14-34(30-36)38-17-5-8-24-47(38)57-48-25-9-6-22-44(48)45-23-7-10-26-49(45)57/h1-31H. The number of nitrogens with zero attached hydrogens (tertiary/aromatic N) is 5. The van der Waals surface area contributed by atoms with Crippen LogP contribution in [0.1, 0.15) is 5.56 Å². The Balaban J connectivity index is 1.10. The molecular formula is C52H31N5. The topological polar surface area (TPSA) is 67.4 Å². The highest BCUT2D eigenvalue weighted by atomic mass is 15.0. The van der Waals surface area contributed by atoms with Crippen molar-refractivity contribution in [1.29, 1.82) is 5.26 Å². The molecule has 5 nitrogen and oxygen atoms in total. The Morgan fingerprint density at radius 3 is 1.42 bits per heavy atom. The molecule has 0 bridgehead atoms. The van der Waals surface area contributed by atoms with Gasteiger partial charge < -0.3 is 4.57 Å². The fraction of sp³-hybridized carbons (Fsp3) is 0. The molecule has 0 amide bonds. The van der Waals surface area contributed by atoms with Gasteiger partial charge in [0, 0.05) is 33.0 Å². The van der Waals surface area contributed by atoms with Crippen LogP contribution in [0.15, 0.2) is 188 Å². The van der Waals surface area contributed by atoms with Gasteiger partial charge in [-0.3, -0.25) is 0 Å². The number of aromatic nitrogens is 4. The monoisotopic (exact) mass is 725 g/mol. The highest BCUT2D eigenvalue weighted by Gasteiger charge is 2.18. The number of benzene rings is 9. The second-order valence-corrected chi connectivity index (χ2v) is 14.3. The van der Waals surface area contributed by atoms with Gasteiger partial charge in [-0.1, -0.05) is 146 Å². The summed E-state index contributed by atoms with van der Waals surface area (Å²) < 4.78 is 2.36. The van der Waals surface area contributed by atoms with Gasteiger partial charge in [0.1, 0.15) is 0 Å². The number of hydrogen-bond acceptors (Lipinski definition) is 4. The maximum atomic E-state index is 9.78. The third kappa shape index (κ3) is 5.35. The molecule has 5 heteroatoms. The maximum absolute atomic E-state index is 9.78. The summed E-state index contributed by atoms with van der Waals surface area (Å²) in [6, 6.07) is 67.5. The van der Waals surface area contributed by atoms with Crippen molar-refractivity contribution >= 4 is 54.1 Å². The van der Waals surface area contributed by atoms with Crippen LogP contribution in [-0.2, 0) is 0 Å². The van der Waals surface area contributed by atoms with Gasteiger partial charge in [-0.2, -0.15) is 5.26 Å². The molecule has 0 spiro atoms. The quantitative estimate of drug-likeness (QED) is 0.166. The van der Waals surface area contributed by atoms with Crippen LogP contribution in [0, 0.1) is 11.3 Å². The zero-order valence-electron chi connectivity index (χ0n) is 30.6. The lowest BCUT2D eigenvalue weighted by Gasteiger charge is -2.15. The van der Waals surface area contributed by atoms with Gasteiger partial charge in [0.25, 0.3) is 0 Å². The molecule has 0 aliphatic carbocycles. The normalized spacial score (nSPS) is 11.5. The van der Waals surface area contributed by atoms with E-state index < -0.39 is 0 Å². The summed E-state index contributed by atoms with van der Waals surface area (Å²) in [4.78, 5) is 15.3. The summed E-state index contributed by atoms with van der Waals surface area (Å²) >= 11 is 0. The second-order valence-electron chi connectivity index (χ2n) is 14.3. The van der Waals surface area contributed by atoms with Crippen molar-refractivity contribution in [3.8, 4) is 57.0 Å². The smallest absolute Gasteiger partial charge is 0.164 e. The number of rotatable bonds is 5. The molecule has 2 aromatic heterocycles. The number of para-hydroxylation sites is 3. The molecule has 0 N–H and O–H groups in total. The van der Waals surface area contributed by atoms with Crippen molar-refractivity contribution < 1.29 is 0 Å². The molecule has 2 heterocycles. The van der Waals surface area contributed by atoms with Crippen molar-refractivity contribution in [2.45, 2.75) is 0 Å². The lowest BCUT2D eigenvalue weighted by Crippen LogP contribution is -2.01. The van der Waals surface area contributed by atoms with Crippen LogP contribution in [0.25, 0.3) is 105 Å². The minimum Gasteiger partial charge on any atom is -0.309 e. The summed E-state index contributed by atoms with van der Waals surface area (Å²) in [5.41, 5.74) is 8.59. The summed E-state index contributed by atoms with van der Waals surface area (Å²) in [7, 11) is 0. The van der Waals surface area contributed by atoms with Crippen molar-refractivity contribution in [3.05, 3.63) is 194 Å². The van der Waals surface area contributed by atoms with E-state index in [0.717, 1.165) is 49.9 Å². The van der Waals surface area contributed by atoms with Crippen LogP contribution < -0.4 is 0 Å². The van der Waals surface area contributed by atoms with E-state index in [9.17, 15) is 5.26 Å². The first-order chi connectivity index (χ1) is 28.2. The summed E-state index contributed by atoms with van der Waals surface area (Å²) in [6.45, 7) is 0. The van der Waals surface area contributed by atoms with E-state index in [0.29, 0.717) is 23.0 Å². The highest BCUT2D eigenvalue weighted by Crippen LogP contribution is 2.39. The fourth-order valence-electron chi connectivity index (χ4n) is 8.46. The summed E-state index contributed by atoms with van der Waals surface area (Å²) in [6.07, 6.45) is 0. The Hall–Kier alpha value is -7.94. The minimum atomic E-state index is 0.506. The molecule has 0 saturated heterocycles. The van der Waals surface area contributed by atoms with E-state index in [2.05, 4.69) is 174 Å². The summed E-state index contributed by atoms with van der Waals surface area (Å²) in [5.74, 6) is 1.62. The molecule has 0 fully saturated rings. The predicted octanol–water partition coefficient (Wildman–Crippen LogP) is 13.0. The van der Waals surface area contributed by atoms with Crippen LogP contribution in [0.2, 0.25) is 0 Å². The second kappa shape index (κ2) is 13.1. The average molecular weight is 726 g/mol. The minimum absolute atomic E-state index is 0.506. The van der Waals surface area contributed by atoms with Gasteiger partial charge in [0.2, 0.25) is 0 Å². The zero-order chi connectivity index (χ0) is 37.9.